The average molecular weight is 1600 g/mol. The van der Waals surface area contributed by atoms with Crippen molar-refractivity contribution in [2.24, 2.45) is 17.2 Å². The van der Waals surface area contributed by atoms with Crippen LogP contribution in [0.15, 0.2) is 66.7 Å². The quantitative estimate of drug-likeness (QED) is 0.00955. The number of phenolic OH excluding ortho intramolecular Hbond substituents is 1. The maximum absolute atomic E-state index is 14.8. The highest BCUT2D eigenvalue weighted by molar-refractivity contribution is 7.80. The number of thiol groups is 2. The molecule has 8 atom stereocenters. The zero-order chi connectivity index (χ0) is 81.8. The molecule has 3 aromatic carbocycles. The van der Waals surface area contributed by atoms with Crippen molar-refractivity contribution >= 4 is 101 Å². The third-order valence-corrected chi connectivity index (χ3v) is 17.3. The lowest BCUT2D eigenvalue weighted by molar-refractivity contribution is -0.135. The SMILES string of the molecule is CC(=O)NC(CCS)C(=O)NC(Cc1ccc(O)cc1)C(=O)NC(CCCCNC(C)C)C(=O)N[C@H](CCCNC(=N)N)C(=O)NC(Cc1ccc2ccccc2c1)C(=O)NCC(=O)NC(CS)C(=O)NCC(O)(NCCOCCOCCOCCOCCOCCOCCC(=O)NC(CCCCN)C(N)=O)NC(C)C. The summed E-state index contributed by atoms with van der Waals surface area (Å²) in [5.74, 6) is -9.04. The average Bonchev–Trinajstić information content (AvgIpc) is 0.839. The minimum Gasteiger partial charge on any atom is -0.508 e. The first-order valence-electron chi connectivity index (χ1n) is 37.8. The van der Waals surface area contributed by atoms with Crippen LogP contribution in [0.4, 0.5) is 0 Å². The number of phenols is 1. The van der Waals surface area contributed by atoms with Gasteiger partial charge >= 0.3 is 0 Å². The number of aromatic hydroxyl groups is 1. The number of carbonyl (C=O) groups excluding carboxylic acids is 10. The van der Waals surface area contributed by atoms with E-state index >= 15 is 0 Å². The number of guanidine groups is 1. The molecule has 0 spiro atoms. The van der Waals surface area contributed by atoms with Gasteiger partial charge in [-0.3, -0.25) is 64.0 Å². The zero-order valence-corrected chi connectivity index (χ0v) is 66.5. The smallest absolute Gasteiger partial charge is 0.243 e. The molecule has 0 aliphatic rings. The van der Waals surface area contributed by atoms with Crippen LogP contribution < -0.4 is 86.3 Å². The van der Waals surface area contributed by atoms with E-state index in [4.69, 9.17) is 51.0 Å². The van der Waals surface area contributed by atoms with Crippen molar-refractivity contribution in [1.29, 1.82) is 5.41 Å². The molecule has 0 aliphatic heterocycles. The lowest BCUT2D eigenvalue weighted by atomic mass is 10.00. The Morgan fingerprint density at radius 1 is 0.486 bits per heavy atom. The van der Waals surface area contributed by atoms with E-state index in [-0.39, 0.29) is 139 Å². The summed E-state index contributed by atoms with van der Waals surface area (Å²) in [6.07, 6.45) is 2.96. The van der Waals surface area contributed by atoms with Crippen LogP contribution in [-0.2, 0) is 89.2 Å². The van der Waals surface area contributed by atoms with Crippen LogP contribution in [0.5, 0.6) is 5.75 Å². The van der Waals surface area contributed by atoms with E-state index in [1.54, 1.807) is 32.0 Å². The summed E-state index contributed by atoms with van der Waals surface area (Å²) in [5, 5.41) is 67.1. The second-order valence-corrected chi connectivity index (χ2v) is 27.7. The normalized spacial score (nSPS) is 13.8. The molecule has 0 heterocycles. The molecular weight excluding hydrogens is 1480 g/mol. The highest BCUT2D eigenvalue weighted by Crippen LogP contribution is 2.18. The van der Waals surface area contributed by atoms with Crippen LogP contribution in [-0.4, -0.2) is 266 Å². The van der Waals surface area contributed by atoms with Gasteiger partial charge in [-0.25, -0.2) is 0 Å². The lowest BCUT2D eigenvalue weighted by Gasteiger charge is -2.33. The molecular formula is C74H123N17O18S2. The molecule has 0 bridgehead atoms. The number of amides is 10. The number of rotatable bonds is 63. The van der Waals surface area contributed by atoms with E-state index in [1.165, 1.54) is 19.1 Å². The molecule has 0 saturated carbocycles. The highest BCUT2D eigenvalue weighted by Gasteiger charge is 2.34. The van der Waals surface area contributed by atoms with Crippen molar-refractivity contribution in [1.82, 2.24) is 69.1 Å². The molecule has 0 aromatic heterocycles. The van der Waals surface area contributed by atoms with Gasteiger partial charge in [0.05, 0.1) is 92.4 Å². The van der Waals surface area contributed by atoms with E-state index < -0.39 is 108 Å². The van der Waals surface area contributed by atoms with Gasteiger partial charge in [0.1, 0.15) is 48.0 Å². The van der Waals surface area contributed by atoms with E-state index in [0.29, 0.717) is 96.1 Å². The number of nitrogens with one attached hydrogen (secondary N) is 14. The molecule has 624 valence electrons. The summed E-state index contributed by atoms with van der Waals surface area (Å²) in [4.78, 5) is 136. The number of ether oxygens (including phenoxy) is 6. The third kappa shape index (κ3) is 44.1. The predicted molar refractivity (Wildman–Crippen MR) is 426 cm³/mol. The number of benzene rings is 3. The van der Waals surface area contributed by atoms with Crippen molar-refractivity contribution in [3.63, 3.8) is 0 Å². The summed E-state index contributed by atoms with van der Waals surface area (Å²) < 4.78 is 33.2. The maximum atomic E-state index is 14.8. The number of aliphatic hydroxyl groups is 1. The number of unbranched alkanes of at least 4 members (excludes halogenated alkanes) is 2. The Bertz CT molecular complexity index is 3280. The molecule has 3 rings (SSSR count). The van der Waals surface area contributed by atoms with Gasteiger partial charge in [-0.2, -0.15) is 25.3 Å². The number of hydrogen-bond donors (Lipinski definition) is 21. The Labute approximate surface area is 661 Å². The Morgan fingerprint density at radius 3 is 1.51 bits per heavy atom. The fourth-order valence-corrected chi connectivity index (χ4v) is 11.5. The Balaban J connectivity index is 1.61. The monoisotopic (exact) mass is 1600 g/mol. The molecule has 10 amide bonds. The first-order valence-corrected chi connectivity index (χ1v) is 39.0. The minimum atomic E-state index is -1.84. The molecule has 7 unspecified atom stereocenters. The second-order valence-electron chi connectivity index (χ2n) is 26.9. The van der Waals surface area contributed by atoms with Crippen LogP contribution in [0.25, 0.3) is 10.8 Å². The van der Waals surface area contributed by atoms with Crippen molar-refractivity contribution < 1.29 is 86.6 Å². The summed E-state index contributed by atoms with van der Waals surface area (Å²) in [5.41, 5.74) is 17.6. The molecule has 0 radical (unpaired) electrons. The van der Waals surface area contributed by atoms with Crippen LogP contribution in [0.1, 0.15) is 110 Å². The predicted octanol–water partition coefficient (Wildman–Crippen LogP) is -2.00. The molecule has 3 aromatic rings. The molecule has 22 N–H and O–H groups in total. The van der Waals surface area contributed by atoms with Crippen molar-refractivity contribution in [2.75, 3.05) is 130 Å². The van der Waals surface area contributed by atoms with Crippen LogP contribution in [0, 0.1) is 5.41 Å². The number of fused-ring (bicyclic) bond motifs is 1. The number of primary amides is 1. The van der Waals surface area contributed by atoms with Gasteiger partial charge in [0.2, 0.25) is 59.1 Å². The van der Waals surface area contributed by atoms with E-state index in [0.717, 1.165) is 17.2 Å². The molecule has 0 saturated heterocycles. The van der Waals surface area contributed by atoms with Crippen LogP contribution in [0.2, 0.25) is 0 Å². The Morgan fingerprint density at radius 2 is 0.973 bits per heavy atom. The lowest BCUT2D eigenvalue weighted by Crippen LogP contribution is -2.66. The molecule has 111 heavy (non-hydrogen) atoms. The fourth-order valence-electron chi connectivity index (χ4n) is 11.0. The zero-order valence-electron chi connectivity index (χ0n) is 64.7. The number of nitrogens with two attached hydrogens (primary N) is 3. The van der Waals surface area contributed by atoms with Gasteiger partial charge in [0, 0.05) is 57.1 Å². The third-order valence-electron chi connectivity index (χ3n) is 16.7. The second kappa shape index (κ2) is 57.0. The fraction of sp³-hybridized carbons (Fsp3) is 0.635. The standard InChI is InChI=1S/C74H123N17O18S2/c1-49(2)79-27-11-9-16-58(88-72(102)62(44-52-19-22-56(93)23-20-52)90-71(101)60(25-42-110)84-51(5)92)69(99)87-59(17-12-28-80-73(77)78)70(100)89-61(45-53-18-21-54-13-6-7-14-55(54)43-53)67(97)81-46-65(95)86-63(47-111)68(98)82-48-74(103,91-50(3)4)83-29-31-105-33-35-107-37-39-109-41-40-108-38-36-106-34-32-104-30-24-64(94)85-57(66(76)96)15-8-10-26-75/h6-7,13-14,18-23,43,49-50,57-63,79,83,91,93,103,110-111H,8-12,15-17,24-42,44-48,75H2,1-5H3,(H2,76,96)(H,81,97)(H,82,98)(H,84,92)(H,85,94)(H,86,95)(H,87,99)(H,88,102)(H,89,100)(H,90,101)(H4,77,78,80)/t57?,58?,59-,60?,61?,62?,63?,74?/m1/s1. The summed E-state index contributed by atoms with van der Waals surface area (Å²) in [7, 11) is 0. The summed E-state index contributed by atoms with van der Waals surface area (Å²) in [6.45, 7) is 12.5. The molecule has 0 aliphatic carbocycles. The summed E-state index contributed by atoms with van der Waals surface area (Å²) in [6, 6.07) is 10.3. The Hall–Kier alpha value is -8.05. The largest absolute Gasteiger partial charge is 0.508 e. The molecule has 35 nitrogen and oxygen atoms in total. The van der Waals surface area contributed by atoms with Crippen molar-refractivity contribution in [3.05, 3.63) is 77.9 Å². The van der Waals surface area contributed by atoms with Crippen molar-refractivity contribution in [2.45, 2.75) is 172 Å². The number of carbonyl (C=O) groups is 10. The van der Waals surface area contributed by atoms with E-state index in [9.17, 15) is 58.2 Å². The van der Waals surface area contributed by atoms with Crippen molar-refractivity contribution in [3.8, 4) is 5.75 Å². The molecule has 0 fully saturated rings. The van der Waals surface area contributed by atoms with Gasteiger partial charge < -0.3 is 114 Å². The van der Waals surface area contributed by atoms with Gasteiger partial charge in [-0.15, -0.1) is 0 Å². The first kappa shape index (κ1) is 97.1. The molecule has 37 heteroatoms. The number of hydrogen-bond acceptors (Lipinski definition) is 25. The van der Waals surface area contributed by atoms with Gasteiger partial charge in [0.25, 0.3) is 0 Å². The summed E-state index contributed by atoms with van der Waals surface area (Å²) >= 11 is 8.56. The van der Waals surface area contributed by atoms with Crippen LogP contribution >= 0.6 is 25.3 Å². The van der Waals surface area contributed by atoms with Gasteiger partial charge in [0.15, 0.2) is 11.8 Å². The van der Waals surface area contributed by atoms with E-state index in [2.05, 4.69) is 94.4 Å². The minimum absolute atomic E-state index is 0.0412. The Kier molecular flexibility index (Phi) is 49.9. The topological polar surface area (TPSA) is 525 Å². The van der Waals surface area contributed by atoms with Gasteiger partial charge in [-0.05, 0) is 125 Å². The highest BCUT2D eigenvalue weighted by atomic mass is 32.1. The van der Waals surface area contributed by atoms with Gasteiger partial charge in [-0.1, -0.05) is 68.4 Å². The van der Waals surface area contributed by atoms with E-state index in [1.807, 2.05) is 50.2 Å². The first-order chi connectivity index (χ1) is 53.1. The maximum Gasteiger partial charge on any atom is 0.243 e. The van der Waals surface area contributed by atoms with Crippen LogP contribution in [0.3, 0.4) is 0 Å².